The summed E-state index contributed by atoms with van der Waals surface area (Å²) in [5.74, 6) is 1.39. The molecule has 5 nitrogen and oxygen atoms in total. The summed E-state index contributed by atoms with van der Waals surface area (Å²) in [6.45, 7) is 0.607. The van der Waals surface area contributed by atoms with Crippen LogP contribution in [0.15, 0.2) is 18.2 Å². The first-order valence-corrected chi connectivity index (χ1v) is 7.76. The summed E-state index contributed by atoms with van der Waals surface area (Å²) in [4.78, 5) is 0. The van der Waals surface area contributed by atoms with Crippen molar-refractivity contribution >= 4 is 9.84 Å². The summed E-state index contributed by atoms with van der Waals surface area (Å²) in [6.07, 6.45) is 1.27. The molecule has 0 aromatic heterocycles. The highest BCUT2D eigenvalue weighted by Crippen LogP contribution is 2.52. The Kier molecular flexibility index (Phi) is 2.53. The molecule has 0 amide bonds. The third-order valence-electron chi connectivity index (χ3n) is 3.64. The van der Waals surface area contributed by atoms with Crippen molar-refractivity contribution in [3.8, 4) is 11.5 Å². The summed E-state index contributed by atoms with van der Waals surface area (Å²) in [6, 6.07) is 5.58. The highest BCUT2D eigenvalue weighted by molar-refractivity contribution is 7.91. The van der Waals surface area contributed by atoms with Gasteiger partial charge in [0.2, 0.25) is 6.79 Å². The van der Waals surface area contributed by atoms with E-state index < -0.39 is 9.84 Å². The second kappa shape index (κ2) is 3.86. The second-order valence-corrected chi connectivity index (χ2v) is 7.04. The van der Waals surface area contributed by atoms with Crippen molar-refractivity contribution in [3.63, 3.8) is 0 Å². The lowest BCUT2D eigenvalue weighted by Gasteiger charge is -2.02. The lowest BCUT2D eigenvalue weighted by atomic mass is 10.1. The summed E-state index contributed by atoms with van der Waals surface area (Å²) in [5.41, 5.74) is 6.60. The van der Waals surface area contributed by atoms with E-state index in [9.17, 15) is 8.42 Å². The molecule has 98 valence electrons. The first-order valence-electron chi connectivity index (χ1n) is 5.81. The zero-order valence-electron chi connectivity index (χ0n) is 10.00. The largest absolute Gasteiger partial charge is 0.454 e. The fourth-order valence-corrected chi connectivity index (χ4v) is 4.48. The van der Waals surface area contributed by atoms with Crippen LogP contribution in [-0.2, 0) is 9.84 Å². The number of hydrogen-bond acceptors (Lipinski definition) is 5. The molecule has 1 fully saturated rings. The van der Waals surface area contributed by atoms with E-state index in [0.29, 0.717) is 18.0 Å². The van der Waals surface area contributed by atoms with Crippen LogP contribution in [0.2, 0.25) is 0 Å². The number of sulfone groups is 1. The normalized spacial score (nSPS) is 29.3. The van der Waals surface area contributed by atoms with Gasteiger partial charge in [0, 0.05) is 12.2 Å². The van der Waals surface area contributed by atoms with Gasteiger partial charge in [0.1, 0.15) is 0 Å². The molecular formula is C12H15NO4S. The van der Waals surface area contributed by atoms with Gasteiger partial charge in [-0.1, -0.05) is 6.07 Å². The minimum absolute atomic E-state index is 0.0142. The van der Waals surface area contributed by atoms with E-state index >= 15 is 0 Å². The number of fused-ring (bicyclic) bond motifs is 1. The van der Waals surface area contributed by atoms with Crippen molar-refractivity contribution in [2.75, 3.05) is 19.6 Å². The number of rotatable bonds is 3. The Morgan fingerprint density at radius 3 is 2.67 bits per heavy atom. The molecule has 0 unspecified atom stereocenters. The number of hydrogen-bond donors (Lipinski definition) is 1. The number of benzene rings is 1. The molecule has 1 saturated carbocycles. The molecule has 1 aromatic rings. The molecular weight excluding hydrogens is 254 g/mol. The van der Waals surface area contributed by atoms with E-state index in [4.69, 9.17) is 15.2 Å². The molecule has 2 aliphatic rings. The average Bonchev–Trinajstić information content (AvgIpc) is 2.90. The Morgan fingerprint density at radius 2 is 2.06 bits per heavy atom. The van der Waals surface area contributed by atoms with E-state index in [1.54, 1.807) is 0 Å². The molecule has 0 saturated heterocycles. The standard InChI is InChI=1S/C12H15NO4S/c1-18(14,15)12-8(5-13)11(12)7-2-3-9-10(4-7)17-6-16-9/h2-4,8,11-12H,5-6,13H2,1H3/t8-,11-,12-/m0/s1. The third kappa shape index (κ3) is 1.76. The van der Waals surface area contributed by atoms with Gasteiger partial charge < -0.3 is 15.2 Å². The Hall–Kier alpha value is -1.27. The summed E-state index contributed by atoms with van der Waals surface area (Å²) in [5, 5.41) is -0.358. The second-order valence-electron chi connectivity index (χ2n) is 4.83. The summed E-state index contributed by atoms with van der Waals surface area (Å²) in [7, 11) is -3.05. The molecule has 1 aromatic carbocycles. The summed E-state index contributed by atoms with van der Waals surface area (Å²) < 4.78 is 33.9. The highest BCUT2D eigenvalue weighted by Gasteiger charge is 2.56. The lowest BCUT2D eigenvalue weighted by Crippen LogP contribution is -2.11. The van der Waals surface area contributed by atoms with Crippen molar-refractivity contribution in [1.29, 1.82) is 0 Å². The average molecular weight is 269 g/mol. The van der Waals surface area contributed by atoms with Gasteiger partial charge >= 0.3 is 0 Å². The van der Waals surface area contributed by atoms with Crippen LogP contribution in [-0.4, -0.2) is 33.3 Å². The Labute approximate surface area is 106 Å². The zero-order chi connectivity index (χ0) is 12.9. The van der Waals surface area contributed by atoms with Crippen LogP contribution in [0.25, 0.3) is 0 Å². The number of ether oxygens (including phenoxy) is 2. The maximum atomic E-state index is 11.7. The van der Waals surface area contributed by atoms with E-state index in [2.05, 4.69) is 0 Å². The Balaban J connectivity index is 1.92. The van der Waals surface area contributed by atoms with Gasteiger partial charge in [-0.25, -0.2) is 8.42 Å². The molecule has 3 atom stereocenters. The van der Waals surface area contributed by atoms with E-state index in [1.807, 2.05) is 18.2 Å². The quantitative estimate of drug-likeness (QED) is 0.864. The molecule has 0 spiro atoms. The fraction of sp³-hybridized carbons (Fsp3) is 0.500. The van der Waals surface area contributed by atoms with Crippen LogP contribution < -0.4 is 15.2 Å². The number of nitrogens with two attached hydrogens (primary N) is 1. The van der Waals surface area contributed by atoms with Crippen molar-refractivity contribution in [2.45, 2.75) is 11.2 Å². The van der Waals surface area contributed by atoms with Gasteiger partial charge in [-0.2, -0.15) is 0 Å². The molecule has 18 heavy (non-hydrogen) atoms. The first kappa shape index (κ1) is 11.8. The predicted molar refractivity (Wildman–Crippen MR) is 66.5 cm³/mol. The smallest absolute Gasteiger partial charge is 0.231 e. The Morgan fingerprint density at radius 1 is 1.33 bits per heavy atom. The van der Waals surface area contributed by atoms with Crippen molar-refractivity contribution in [2.24, 2.45) is 11.7 Å². The third-order valence-corrected chi connectivity index (χ3v) is 5.28. The van der Waals surface area contributed by atoms with Crippen molar-refractivity contribution in [3.05, 3.63) is 23.8 Å². The van der Waals surface area contributed by atoms with Crippen molar-refractivity contribution < 1.29 is 17.9 Å². The maximum absolute atomic E-state index is 11.7. The van der Waals surface area contributed by atoms with Crippen LogP contribution in [0.5, 0.6) is 11.5 Å². The van der Waals surface area contributed by atoms with Crippen LogP contribution in [0.1, 0.15) is 11.5 Å². The zero-order valence-corrected chi connectivity index (χ0v) is 10.8. The highest BCUT2D eigenvalue weighted by atomic mass is 32.2. The van der Waals surface area contributed by atoms with Crippen molar-refractivity contribution in [1.82, 2.24) is 0 Å². The van der Waals surface area contributed by atoms with Crippen LogP contribution in [0.4, 0.5) is 0 Å². The summed E-state index contributed by atoms with van der Waals surface area (Å²) >= 11 is 0. The predicted octanol–water partition coefficient (Wildman–Crippen LogP) is 0.501. The van der Waals surface area contributed by atoms with E-state index in [-0.39, 0.29) is 23.9 Å². The molecule has 3 rings (SSSR count). The first-order chi connectivity index (χ1) is 8.52. The molecule has 2 N–H and O–H groups in total. The molecule has 1 heterocycles. The lowest BCUT2D eigenvalue weighted by molar-refractivity contribution is 0.174. The van der Waals surface area contributed by atoms with Gasteiger partial charge in [-0.05, 0) is 30.2 Å². The van der Waals surface area contributed by atoms with Gasteiger partial charge in [0.05, 0.1) is 5.25 Å². The molecule has 0 radical (unpaired) electrons. The van der Waals surface area contributed by atoms with Crippen LogP contribution >= 0.6 is 0 Å². The van der Waals surface area contributed by atoms with Gasteiger partial charge in [-0.15, -0.1) is 0 Å². The van der Waals surface area contributed by atoms with Crippen LogP contribution in [0, 0.1) is 5.92 Å². The maximum Gasteiger partial charge on any atom is 0.231 e. The molecule has 6 heteroatoms. The molecule has 1 aliphatic heterocycles. The minimum Gasteiger partial charge on any atom is -0.454 e. The van der Waals surface area contributed by atoms with Gasteiger partial charge in [0.25, 0.3) is 0 Å². The SMILES string of the molecule is CS(=O)(=O)[C@H]1[C@@H](CN)[C@@H]1c1ccc2c(c1)OCO2. The van der Waals surface area contributed by atoms with E-state index in [0.717, 1.165) is 5.56 Å². The van der Waals surface area contributed by atoms with Gasteiger partial charge in [-0.3, -0.25) is 0 Å². The monoisotopic (exact) mass is 269 g/mol. The van der Waals surface area contributed by atoms with Crippen LogP contribution in [0.3, 0.4) is 0 Å². The minimum atomic E-state index is -3.05. The van der Waals surface area contributed by atoms with Gasteiger partial charge in [0.15, 0.2) is 21.3 Å². The molecule has 1 aliphatic carbocycles. The molecule has 0 bridgehead atoms. The fourth-order valence-electron chi connectivity index (χ4n) is 2.76. The Bertz CT molecular complexity index is 584. The van der Waals surface area contributed by atoms with E-state index in [1.165, 1.54) is 6.26 Å². The topological polar surface area (TPSA) is 78.6 Å².